The van der Waals surface area contributed by atoms with Crippen LogP contribution < -0.4 is 4.90 Å². The number of benzene rings is 2. The van der Waals surface area contributed by atoms with Gasteiger partial charge in [0, 0.05) is 44.7 Å². The first kappa shape index (κ1) is 27.5. The summed E-state index contributed by atoms with van der Waals surface area (Å²) in [4.78, 5) is 27.6. The van der Waals surface area contributed by atoms with Crippen molar-refractivity contribution in [3.63, 3.8) is 0 Å². The molecule has 12 heteroatoms. The van der Waals surface area contributed by atoms with Crippen LogP contribution in [-0.2, 0) is 21.2 Å². The lowest BCUT2D eigenvalue weighted by molar-refractivity contribution is -0.216. The molecular weight excluding hydrogens is 499 g/mol. The van der Waals surface area contributed by atoms with E-state index in [2.05, 4.69) is 0 Å². The van der Waals surface area contributed by atoms with Crippen molar-refractivity contribution in [2.24, 2.45) is 0 Å². The van der Waals surface area contributed by atoms with Crippen molar-refractivity contribution in [2.45, 2.75) is 30.8 Å². The second-order valence-electron chi connectivity index (χ2n) is 9.37. The minimum absolute atomic E-state index is 0.0992. The third kappa shape index (κ3) is 5.65. The Labute approximate surface area is 207 Å². The number of nitrogens with zero attached hydrogens (tertiary/aromatic N) is 3. The fourth-order valence-electron chi connectivity index (χ4n) is 3.98. The number of hydrogen-bond donors (Lipinski definition) is 1. The largest absolute Gasteiger partial charge is 0.473 e. The zero-order valence-electron chi connectivity index (χ0n) is 20.3. The number of amides is 2. The summed E-state index contributed by atoms with van der Waals surface area (Å²) in [7, 11) is -0.158. The number of carbonyl (C=O) groups is 2. The van der Waals surface area contributed by atoms with E-state index in [-0.39, 0.29) is 25.4 Å². The molecule has 1 aliphatic rings. The van der Waals surface area contributed by atoms with Crippen LogP contribution in [0, 0.1) is 0 Å². The first-order valence-corrected chi connectivity index (χ1v) is 12.9. The van der Waals surface area contributed by atoms with Gasteiger partial charge in [0.1, 0.15) is 0 Å². The predicted molar refractivity (Wildman–Crippen MR) is 128 cm³/mol. The maximum Gasteiger partial charge on any atom is 0.473 e. The van der Waals surface area contributed by atoms with E-state index < -0.39 is 38.3 Å². The molecule has 0 aliphatic carbocycles. The highest BCUT2D eigenvalue weighted by molar-refractivity contribution is 7.92. The molecule has 0 unspecified atom stereocenters. The van der Waals surface area contributed by atoms with Gasteiger partial charge in [-0.15, -0.1) is 0 Å². The summed E-state index contributed by atoms with van der Waals surface area (Å²) in [6.45, 7) is 0.143. The van der Waals surface area contributed by atoms with Crippen LogP contribution >= 0.6 is 0 Å². The number of carbonyl (C=O) groups excluding carboxylic acids is 2. The summed E-state index contributed by atoms with van der Waals surface area (Å²) in [6, 6.07) is 13.3. The number of alkyl halides is 3. The van der Waals surface area contributed by atoms with Gasteiger partial charge in [-0.3, -0.25) is 14.8 Å². The summed E-state index contributed by atoms with van der Waals surface area (Å²) in [5, 5.41) is 9.01. The van der Waals surface area contributed by atoms with Crippen molar-refractivity contribution in [1.82, 2.24) is 9.96 Å². The van der Waals surface area contributed by atoms with Gasteiger partial charge in [-0.25, -0.2) is 13.5 Å². The molecule has 2 aromatic carbocycles. The van der Waals surface area contributed by atoms with Gasteiger partial charge in [-0.2, -0.15) is 13.2 Å². The molecule has 3 rings (SSSR count). The van der Waals surface area contributed by atoms with E-state index in [0.717, 1.165) is 35.6 Å². The van der Waals surface area contributed by atoms with Crippen molar-refractivity contribution >= 4 is 27.3 Å². The summed E-state index contributed by atoms with van der Waals surface area (Å²) >= 11 is 0. The fraction of sp³-hybridized carbons (Fsp3) is 0.417. The van der Waals surface area contributed by atoms with E-state index in [0.29, 0.717) is 5.56 Å². The maximum absolute atomic E-state index is 12.9. The lowest BCUT2D eigenvalue weighted by atomic mass is 10.0. The van der Waals surface area contributed by atoms with Crippen molar-refractivity contribution in [1.29, 1.82) is 0 Å². The van der Waals surface area contributed by atoms with Gasteiger partial charge < -0.3 is 9.80 Å². The SMILES string of the molecule is CN(C)c1ccc(-c2ccc3c(c2)CN(CC[C@](C)(CN(O)C(=O)C(F)(F)F)S(C)(=O)=O)C3=O)cc1. The number of sulfone groups is 1. The molecule has 8 nitrogen and oxygen atoms in total. The molecule has 0 fully saturated rings. The molecule has 2 aromatic rings. The summed E-state index contributed by atoms with van der Waals surface area (Å²) in [5.41, 5.74) is 4.09. The highest BCUT2D eigenvalue weighted by Gasteiger charge is 2.47. The number of hydrogen-bond acceptors (Lipinski definition) is 6. The van der Waals surface area contributed by atoms with Gasteiger partial charge in [0.25, 0.3) is 5.91 Å². The first-order valence-electron chi connectivity index (χ1n) is 11.0. The van der Waals surface area contributed by atoms with Gasteiger partial charge >= 0.3 is 12.1 Å². The Morgan fingerprint density at radius 1 is 1.08 bits per heavy atom. The number of hydroxylamine groups is 2. The highest BCUT2D eigenvalue weighted by Crippen LogP contribution is 2.31. The quantitative estimate of drug-likeness (QED) is 0.418. The lowest BCUT2D eigenvalue weighted by Gasteiger charge is -2.32. The van der Waals surface area contributed by atoms with Gasteiger partial charge in [-0.1, -0.05) is 18.2 Å². The van der Waals surface area contributed by atoms with E-state index in [9.17, 15) is 36.4 Å². The van der Waals surface area contributed by atoms with Gasteiger partial charge in [0.05, 0.1) is 11.3 Å². The Kier molecular flexibility index (Phi) is 7.43. The van der Waals surface area contributed by atoms with E-state index in [1.807, 2.05) is 55.4 Å². The minimum Gasteiger partial charge on any atom is -0.378 e. The smallest absolute Gasteiger partial charge is 0.378 e. The van der Waals surface area contributed by atoms with Crippen LogP contribution in [0.3, 0.4) is 0 Å². The van der Waals surface area contributed by atoms with E-state index in [4.69, 9.17) is 0 Å². The molecule has 0 aromatic heterocycles. The van der Waals surface area contributed by atoms with Crippen LogP contribution in [0.5, 0.6) is 0 Å². The number of fused-ring (bicyclic) bond motifs is 1. The average molecular weight is 528 g/mol. The average Bonchev–Trinajstić information content (AvgIpc) is 3.10. The zero-order chi connectivity index (χ0) is 27.1. The second kappa shape index (κ2) is 9.74. The Morgan fingerprint density at radius 3 is 2.19 bits per heavy atom. The third-order valence-electron chi connectivity index (χ3n) is 6.47. The summed E-state index contributed by atoms with van der Waals surface area (Å²) in [6.07, 6.45) is -4.83. The molecule has 0 saturated heterocycles. The second-order valence-corrected chi connectivity index (χ2v) is 11.9. The molecule has 196 valence electrons. The standard InChI is InChI=1S/C24H28F3N3O5S/c1-23(36(4,34)35,15-30(33)22(32)24(25,26)27)11-12-29-14-18-13-17(7-10-20(18)21(29)31)16-5-8-19(9-6-16)28(2)3/h5-10,13,33H,11-12,14-15H2,1-4H3/t23-/m1/s1. The van der Waals surface area contributed by atoms with Crippen LogP contribution in [0.25, 0.3) is 11.1 Å². The van der Waals surface area contributed by atoms with Crippen molar-refractivity contribution in [3.05, 3.63) is 53.6 Å². The first-order chi connectivity index (χ1) is 16.5. The fourth-order valence-corrected chi connectivity index (χ4v) is 4.80. The molecule has 0 bridgehead atoms. The topological polar surface area (TPSA) is 98.2 Å². The molecule has 1 N–H and O–H groups in total. The normalized spacial score (nSPS) is 15.4. The van der Waals surface area contributed by atoms with Crippen LogP contribution in [0.2, 0.25) is 0 Å². The summed E-state index contributed by atoms with van der Waals surface area (Å²) < 4.78 is 60.9. The Bertz CT molecular complexity index is 1260. The highest BCUT2D eigenvalue weighted by atomic mass is 32.2. The van der Waals surface area contributed by atoms with Crippen molar-refractivity contribution < 1.29 is 36.4 Å². The van der Waals surface area contributed by atoms with Crippen LogP contribution in [-0.4, -0.2) is 79.8 Å². The molecule has 1 aliphatic heterocycles. The molecular formula is C24H28F3N3O5S. The van der Waals surface area contributed by atoms with Gasteiger partial charge in [0.15, 0.2) is 9.84 Å². The Balaban J connectivity index is 1.76. The van der Waals surface area contributed by atoms with Crippen LogP contribution in [0.4, 0.5) is 18.9 Å². The number of rotatable bonds is 8. The molecule has 0 spiro atoms. The van der Waals surface area contributed by atoms with E-state index in [1.165, 1.54) is 4.90 Å². The molecule has 0 saturated carbocycles. The predicted octanol–water partition coefficient (Wildman–Crippen LogP) is 3.35. The monoisotopic (exact) mass is 527 g/mol. The van der Waals surface area contributed by atoms with Crippen LogP contribution in [0.15, 0.2) is 42.5 Å². The van der Waals surface area contributed by atoms with Crippen molar-refractivity contribution in [3.8, 4) is 11.1 Å². The molecule has 1 heterocycles. The Morgan fingerprint density at radius 2 is 1.67 bits per heavy atom. The minimum atomic E-state index is -5.36. The Hall–Kier alpha value is -3.12. The maximum atomic E-state index is 12.9. The van der Waals surface area contributed by atoms with Crippen LogP contribution in [0.1, 0.15) is 29.3 Å². The number of halogens is 3. The van der Waals surface area contributed by atoms with Crippen molar-refractivity contribution in [2.75, 3.05) is 38.3 Å². The van der Waals surface area contributed by atoms with Gasteiger partial charge in [0.2, 0.25) is 0 Å². The molecule has 36 heavy (non-hydrogen) atoms. The zero-order valence-corrected chi connectivity index (χ0v) is 21.2. The van der Waals surface area contributed by atoms with Gasteiger partial charge in [-0.05, 0) is 54.3 Å². The molecule has 2 amide bonds. The van der Waals surface area contributed by atoms with E-state index >= 15 is 0 Å². The third-order valence-corrected chi connectivity index (χ3v) is 8.59. The summed E-state index contributed by atoms with van der Waals surface area (Å²) in [5.74, 6) is -2.89. The lowest BCUT2D eigenvalue weighted by Crippen LogP contribution is -2.51. The number of anilines is 1. The molecule has 0 radical (unpaired) electrons. The molecule has 1 atom stereocenters. The van der Waals surface area contributed by atoms with E-state index in [1.54, 1.807) is 6.07 Å².